The molecule has 0 saturated heterocycles. The molecule has 1 N–H and O–H groups in total. The first kappa shape index (κ1) is 25.8. The molecule has 2 heterocycles. The molecular weight excluding hydrogens is 494 g/mol. The molecule has 4 rings (SSSR count). The summed E-state index contributed by atoms with van der Waals surface area (Å²) >= 11 is 1.08. The van der Waals surface area contributed by atoms with Gasteiger partial charge in [-0.25, -0.2) is 14.6 Å². The average Bonchev–Trinajstić information content (AvgIpc) is 3.23. The van der Waals surface area contributed by atoms with Gasteiger partial charge < -0.3 is 14.8 Å². The number of benzene rings is 2. The van der Waals surface area contributed by atoms with Gasteiger partial charge in [-0.2, -0.15) is 0 Å². The second kappa shape index (κ2) is 11.6. The molecule has 10 heteroatoms. The zero-order chi connectivity index (χ0) is 26.4. The first-order valence-corrected chi connectivity index (χ1v) is 12.5. The van der Waals surface area contributed by atoms with Crippen LogP contribution in [0.1, 0.15) is 38.1 Å². The fourth-order valence-electron chi connectivity index (χ4n) is 3.76. The van der Waals surface area contributed by atoms with Crippen LogP contribution in [-0.2, 0) is 27.2 Å². The van der Waals surface area contributed by atoms with Crippen LogP contribution < -0.4 is 10.9 Å². The predicted octanol–water partition coefficient (Wildman–Crippen LogP) is 3.98. The number of carbonyl (C=O) groups is 3. The Morgan fingerprint density at radius 2 is 1.73 bits per heavy atom. The Hall–Kier alpha value is -4.31. The number of amides is 1. The van der Waals surface area contributed by atoms with E-state index >= 15 is 0 Å². The molecule has 4 aromatic rings. The highest BCUT2D eigenvalue weighted by atomic mass is 32.1. The molecule has 1 amide bonds. The highest BCUT2D eigenvalue weighted by Crippen LogP contribution is 2.27. The Balaban J connectivity index is 1.48. The molecule has 0 aliphatic carbocycles. The highest BCUT2D eigenvalue weighted by molar-refractivity contribution is 7.20. The van der Waals surface area contributed by atoms with E-state index in [2.05, 4.69) is 10.3 Å². The Labute approximate surface area is 216 Å². The van der Waals surface area contributed by atoms with Gasteiger partial charge in [0, 0.05) is 6.42 Å². The van der Waals surface area contributed by atoms with Crippen molar-refractivity contribution in [2.24, 2.45) is 0 Å². The molecule has 9 nitrogen and oxygen atoms in total. The van der Waals surface area contributed by atoms with Gasteiger partial charge in [-0.15, -0.1) is 11.3 Å². The monoisotopic (exact) mass is 519 g/mol. The fraction of sp³-hybridized carbons (Fsp3) is 0.222. The number of thiophene rings is 1. The summed E-state index contributed by atoms with van der Waals surface area (Å²) in [6, 6.07) is 16.1. The van der Waals surface area contributed by atoms with Crippen LogP contribution in [0.5, 0.6) is 0 Å². The first-order valence-electron chi connectivity index (χ1n) is 11.6. The summed E-state index contributed by atoms with van der Waals surface area (Å²) in [5, 5.41) is 2.92. The summed E-state index contributed by atoms with van der Waals surface area (Å²) < 4.78 is 11.6. The van der Waals surface area contributed by atoms with Crippen LogP contribution in [0.15, 0.2) is 65.7 Å². The van der Waals surface area contributed by atoms with E-state index in [4.69, 9.17) is 9.47 Å². The maximum Gasteiger partial charge on any atom is 0.348 e. The summed E-state index contributed by atoms with van der Waals surface area (Å²) in [6.07, 6.45) is 1.85. The number of aromatic nitrogens is 2. The van der Waals surface area contributed by atoms with Gasteiger partial charge in [0.2, 0.25) is 5.91 Å². The Morgan fingerprint density at radius 3 is 2.49 bits per heavy atom. The predicted molar refractivity (Wildman–Crippen MR) is 140 cm³/mol. The minimum atomic E-state index is -0.560. The van der Waals surface area contributed by atoms with Crippen molar-refractivity contribution in [1.82, 2.24) is 9.55 Å². The Morgan fingerprint density at radius 1 is 1.00 bits per heavy atom. The van der Waals surface area contributed by atoms with Crippen molar-refractivity contribution in [2.75, 3.05) is 18.5 Å². The van der Waals surface area contributed by atoms with Crippen molar-refractivity contribution in [3.8, 4) is 0 Å². The standard InChI is InChI=1S/C27H25N3O6S/c1-3-35-26(33)19-11-7-8-12-20(19)29-21(31)15-30-16-28-24-22(25(30)32)17(2)23(37-24)27(34)36-14-13-18-9-5-4-6-10-18/h4-12,16H,3,13-15H2,1-2H3,(H,29,31). The number of esters is 2. The van der Waals surface area contributed by atoms with Crippen LogP contribution in [0.4, 0.5) is 5.69 Å². The van der Waals surface area contributed by atoms with Gasteiger partial charge >= 0.3 is 11.9 Å². The third kappa shape index (κ3) is 5.92. The molecule has 2 aromatic carbocycles. The lowest BCUT2D eigenvalue weighted by Crippen LogP contribution is -2.28. The van der Waals surface area contributed by atoms with Crippen molar-refractivity contribution < 1.29 is 23.9 Å². The molecule has 190 valence electrons. The molecule has 0 atom stereocenters. The minimum absolute atomic E-state index is 0.199. The molecule has 0 aliphatic heterocycles. The second-order valence-electron chi connectivity index (χ2n) is 8.10. The second-order valence-corrected chi connectivity index (χ2v) is 9.10. The quantitative estimate of drug-likeness (QED) is 0.333. The van der Waals surface area contributed by atoms with E-state index in [-0.39, 0.29) is 36.4 Å². The van der Waals surface area contributed by atoms with Crippen molar-refractivity contribution in [1.29, 1.82) is 0 Å². The zero-order valence-corrected chi connectivity index (χ0v) is 21.2. The number of nitrogens with one attached hydrogen (secondary N) is 1. The van der Waals surface area contributed by atoms with E-state index in [1.54, 1.807) is 38.1 Å². The molecule has 0 aliphatic rings. The maximum atomic E-state index is 13.2. The van der Waals surface area contributed by atoms with Gasteiger partial charge in [0.15, 0.2) is 0 Å². The van der Waals surface area contributed by atoms with Crippen LogP contribution in [0.2, 0.25) is 0 Å². The number of hydrogen-bond acceptors (Lipinski definition) is 8. The molecule has 37 heavy (non-hydrogen) atoms. The van der Waals surface area contributed by atoms with Gasteiger partial charge in [0.05, 0.1) is 36.2 Å². The minimum Gasteiger partial charge on any atom is -0.462 e. The molecule has 0 spiro atoms. The molecular formula is C27H25N3O6S. The molecule has 0 saturated carbocycles. The SMILES string of the molecule is CCOC(=O)c1ccccc1NC(=O)Cn1cnc2sc(C(=O)OCCc3ccccc3)c(C)c2c1=O. The van der Waals surface area contributed by atoms with Crippen molar-refractivity contribution >= 4 is 45.1 Å². The first-order chi connectivity index (χ1) is 17.9. The number of hydrogen-bond donors (Lipinski definition) is 1. The molecule has 2 aromatic heterocycles. The largest absolute Gasteiger partial charge is 0.462 e. The summed E-state index contributed by atoms with van der Waals surface area (Å²) in [7, 11) is 0. The summed E-state index contributed by atoms with van der Waals surface area (Å²) in [5.74, 6) is -1.60. The van der Waals surface area contributed by atoms with Gasteiger partial charge in [-0.1, -0.05) is 42.5 Å². The summed E-state index contributed by atoms with van der Waals surface area (Å²) in [5.41, 5.74) is 1.56. The van der Waals surface area contributed by atoms with Crippen molar-refractivity contribution in [2.45, 2.75) is 26.8 Å². The lowest BCUT2D eigenvalue weighted by Gasteiger charge is -2.11. The number of anilines is 1. The molecule has 0 unspecified atom stereocenters. The third-order valence-corrected chi connectivity index (χ3v) is 6.76. The average molecular weight is 520 g/mol. The van der Waals surface area contributed by atoms with Crippen LogP contribution in [-0.4, -0.2) is 40.6 Å². The van der Waals surface area contributed by atoms with Crippen molar-refractivity contribution in [3.05, 3.63) is 92.8 Å². The number of fused-ring (bicyclic) bond motifs is 1. The van der Waals surface area contributed by atoms with E-state index in [1.165, 1.54) is 6.33 Å². The molecule has 0 bridgehead atoms. The number of rotatable bonds is 9. The Kier molecular flexibility index (Phi) is 8.09. The van der Waals surface area contributed by atoms with Gasteiger partial charge in [0.25, 0.3) is 5.56 Å². The molecule has 0 radical (unpaired) electrons. The lowest BCUT2D eigenvalue weighted by atomic mass is 10.2. The fourth-order valence-corrected chi connectivity index (χ4v) is 4.79. The number of ether oxygens (including phenoxy) is 2. The lowest BCUT2D eigenvalue weighted by molar-refractivity contribution is -0.116. The number of nitrogens with zero attached hydrogens (tertiary/aromatic N) is 2. The van der Waals surface area contributed by atoms with E-state index in [1.807, 2.05) is 30.3 Å². The summed E-state index contributed by atoms with van der Waals surface area (Å²) in [6.45, 7) is 3.43. The van der Waals surface area contributed by atoms with E-state index in [0.29, 0.717) is 21.7 Å². The van der Waals surface area contributed by atoms with Crippen LogP contribution in [0, 0.1) is 6.92 Å². The van der Waals surface area contributed by atoms with E-state index < -0.39 is 23.4 Å². The van der Waals surface area contributed by atoms with Crippen LogP contribution in [0.3, 0.4) is 0 Å². The normalized spacial score (nSPS) is 10.8. The van der Waals surface area contributed by atoms with Gasteiger partial charge in [-0.3, -0.25) is 14.2 Å². The highest BCUT2D eigenvalue weighted by Gasteiger charge is 2.21. The number of para-hydroxylation sites is 1. The van der Waals surface area contributed by atoms with Crippen LogP contribution in [0.25, 0.3) is 10.2 Å². The number of aryl methyl sites for hydroxylation is 1. The smallest absolute Gasteiger partial charge is 0.348 e. The van der Waals surface area contributed by atoms with E-state index in [9.17, 15) is 19.2 Å². The van der Waals surface area contributed by atoms with Gasteiger partial charge in [-0.05, 0) is 37.1 Å². The third-order valence-electron chi connectivity index (χ3n) is 5.58. The maximum absolute atomic E-state index is 13.2. The summed E-state index contributed by atoms with van der Waals surface area (Å²) in [4.78, 5) is 55.7. The van der Waals surface area contributed by atoms with Crippen LogP contribution >= 0.6 is 11.3 Å². The molecule has 0 fully saturated rings. The Bertz CT molecular complexity index is 1510. The van der Waals surface area contributed by atoms with Crippen molar-refractivity contribution in [3.63, 3.8) is 0 Å². The zero-order valence-electron chi connectivity index (χ0n) is 20.4. The number of carbonyl (C=O) groups excluding carboxylic acids is 3. The topological polar surface area (TPSA) is 117 Å². The van der Waals surface area contributed by atoms with E-state index in [0.717, 1.165) is 21.5 Å². The van der Waals surface area contributed by atoms with Gasteiger partial charge in [0.1, 0.15) is 16.3 Å².